The number of alkyl halides is 1. The molecule has 0 spiro atoms. The molecule has 2 aliphatic carbocycles. The van der Waals surface area contributed by atoms with Gasteiger partial charge in [0.25, 0.3) is 0 Å². The maximum absolute atomic E-state index is 13.4. The lowest BCUT2D eigenvalue weighted by atomic mass is 9.41. The second-order valence-electron chi connectivity index (χ2n) is 16.5. The number of hydrogen-bond donors (Lipinski definition) is 1. The van der Waals surface area contributed by atoms with Gasteiger partial charge in [0.15, 0.2) is 5.78 Å². The van der Waals surface area contributed by atoms with Gasteiger partial charge < -0.3 is 5.32 Å². The van der Waals surface area contributed by atoms with E-state index in [1.807, 2.05) is 19.9 Å². The van der Waals surface area contributed by atoms with Crippen LogP contribution >= 0.6 is 0 Å². The fourth-order valence-corrected chi connectivity index (χ4v) is 8.32. The van der Waals surface area contributed by atoms with Crippen molar-refractivity contribution >= 4 is 11.7 Å². The maximum Gasteiger partial charge on any atom is 0.220 e. The number of nitrogens with zero attached hydrogens (tertiary/aromatic N) is 1. The van der Waals surface area contributed by atoms with Crippen molar-refractivity contribution in [3.05, 3.63) is 34.9 Å². The Morgan fingerprint density at radius 2 is 1.70 bits per heavy atom. The SMILES string of the molecule is CC=C(C)/C=C1/[C@@]2(C)C=C(C#N)C(=O)C(C)(C)[C@@H]2CC[C@@]1(C)[C@@](C)(CC)CC[C@](C)(CCC(C)(C)CC)CC(=O)NCCF. The first-order valence-electron chi connectivity index (χ1n) is 17.1. The van der Waals surface area contributed by atoms with E-state index in [9.17, 15) is 19.2 Å². The van der Waals surface area contributed by atoms with E-state index < -0.39 is 17.5 Å². The zero-order chi connectivity index (χ0) is 33.8. The summed E-state index contributed by atoms with van der Waals surface area (Å²) < 4.78 is 12.9. The number of rotatable bonds is 14. The quantitative estimate of drug-likeness (QED) is 0.213. The van der Waals surface area contributed by atoms with Crippen molar-refractivity contribution in [2.75, 3.05) is 13.2 Å². The van der Waals surface area contributed by atoms with E-state index in [1.165, 1.54) is 11.1 Å². The number of hydrogen-bond acceptors (Lipinski definition) is 3. The highest BCUT2D eigenvalue weighted by Gasteiger charge is 2.61. The Kier molecular flexibility index (Phi) is 12.1. The first-order valence-corrected chi connectivity index (χ1v) is 17.1. The third-order valence-electron chi connectivity index (χ3n) is 12.7. The molecule has 5 heteroatoms. The molecule has 1 saturated carbocycles. The first-order chi connectivity index (χ1) is 20.2. The van der Waals surface area contributed by atoms with Crippen LogP contribution < -0.4 is 5.32 Å². The monoisotopic (exact) mass is 610 g/mol. The molecular formula is C39H63FN2O2. The molecule has 0 aromatic rings. The molecule has 2 aliphatic rings. The van der Waals surface area contributed by atoms with Gasteiger partial charge >= 0.3 is 0 Å². The summed E-state index contributed by atoms with van der Waals surface area (Å²) in [7, 11) is 0. The maximum atomic E-state index is 13.4. The average molecular weight is 611 g/mol. The van der Waals surface area contributed by atoms with Crippen molar-refractivity contribution < 1.29 is 14.0 Å². The number of ketones is 1. The molecule has 0 unspecified atom stereocenters. The number of halogens is 1. The van der Waals surface area contributed by atoms with Crippen LogP contribution in [0.25, 0.3) is 0 Å². The number of fused-ring (bicyclic) bond motifs is 1. The minimum absolute atomic E-state index is 0.0387. The van der Waals surface area contributed by atoms with Gasteiger partial charge in [0.1, 0.15) is 12.7 Å². The first kappa shape index (κ1) is 38.0. The van der Waals surface area contributed by atoms with E-state index in [0.29, 0.717) is 6.42 Å². The molecule has 0 aliphatic heterocycles. The molecule has 0 heterocycles. The van der Waals surface area contributed by atoms with Crippen LogP contribution in [0.3, 0.4) is 0 Å². The molecule has 44 heavy (non-hydrogen) atoms. The summed E-state index contributed by atoms with van der Waals surface area (Å²) in [4.78, 5) is 26.4. The van der Waals surface area contributed by atoms with E-state index in [2.05, 4.69) is 92.8 Å². The summed E-state index contributed by atoms with van der Waals surface area (Å²) >= 11 is 0. The summed E-state index contributed by atoms with van der Waals surface area (Å²) in [5.74, 6) is -0.00173. The summed E-state index contributed by atoms with van der Waals surface area (Å²) in [6, 6.07) is 2.25. The molecule has 4 nitrogen and oxygen atoms in total. The summed E-state index contributed by atoms with van der Waals surface area (Å²) in [6.07, 6.45) is 14.6. The fourth-order valence-electron chi connectivity index (χ4n) is 8.32. The molecular weight excluding hydrogens is 547 g/mol. The number of nitriles is 1. The van der Waals surface area contributed by atoms with Gasteiger partial charge in [0.2, 0.25) is 5.91 Å². The van der Waals surface area contributed by atoms with E-state index in [-0.39, 0.29) is 51.4 Å². The Morgan fingerprint density at radius 3 is 2.23 bits per heavy atom. The van der Waals surface area contributed by atoms with Crippen molar-refractivity contribution in [2.24, 2.45) is 38.4 Å². The molecule has 0 saturated heterocycles. The van der Waals surface area contributed by atoms with Crippen LogP contribution in [0.1, 0.15) is 141 Å². The lowest BCUT2D eigenvalue weighted by Gasteiger charge is -2.62. The molecule has 1 amide bonds. The Labute approximate surface area is 269 Å². The standard InChI is InChI=1S/C39H63FN2O2/c1-13-28(4)24-31-38(11)25-29(27-41)33(44)35(7,8)30(38)16-17-39(31,12)37(10,15-3)21-20-36(9,19-18-34(5,6)14-2)26-32(43)42-23-22-40/h13,24-25,30H,14-23,26H2,1-12H3,(H,42,43)/b28-13?,31-24-/t30-,36-,37-,38-,39+/m0/s1. The molecule has 0 aromatic heterocycles. The predicted octanol–water partition coefficient (Wildman–Crippen LogP) is 10.3. The van der Waals surface area contributed by atoms with E-state index >= 15 is 0 Å². The largest absolute Gasteiger partial charge is 0.353 e. The van der Waals surface area contributed by atoms with Gasteiger partial charge in [-0.2, -0.15) is 5.26 Å². The van der Waals surface area contributed by atoms with Crippen LogP contribution in [0, 0.1) is 49.7 Å². The average Bonchev–Trinajstić information content (AvgIpc) is 2.97. The number of carbonyl (C=O) groups excluding carboxylic acids is 2. The highest BCUT2D eigenvalue weighted by molar-refractivity contribution is 6.04. The van der Waals surface area contributed by atoms with E-state index in [0.717, 1.165) is 51.4 Å². The molecule has 248 valence electrons. The van der Waals surface area contributed by atoms with Crippen LogP contribution in [-0.4, -0.2) is 24.9 Å². The molecule has 1 fully saturated rings. The van der Waals surface area contributed by atoms with Gasteiger partial charge in [0, 0.05) is 23.8 Å². The number of Topliss-reactive ketones (excluding diaryl/α,β-unsaturated/α-hetero) is 1. The smallest absolute Gasteiger partial charge is 0.220 e. The van der Waals surface area contributed by atoms with Gasteiger partial charge in [-0.3, -0.25) is 9.59 Å². The van der Waals surface area contributed by atoms with Crippen LogP contribution in [0.4, 0.5) is 4.39 Å². The highest BCUT2D eigenvalue weighted by Crippen LogP contribution is 2.68. The van der Waals surface area contributed by atoms with Crippen LogP contribution in [-0.2, 0) is 9.59 Å². The predicted molar refractivity (Wildman–Crippen MR) is 182 cm³/mol. The van der Waals surface area contributed by atoms with E-state index in [4.69, 9.17) is 0 Å². The Bertz CT molecular complexity index is 1200. The second kappa shape index (κ2) is 14.0. The molecule has 1 N–H and O–H groups in total. The lowest BCUT2D eigenvalue weighted by molar-refractivity contribution is -0.132. The third kappa shape index (κ3) is 7.59. The highest BCUT2D eigenvalue weighted by atomic mass is 19.1. The Balaban J connectivity index is 2.64. The zero-order valence-electron chi connectivity index (χ0n) is 30.2. The minimum Gasteiger partial charge on any atom is -0.353 e. The van der Waals surface area contributed by atoms with Crippen LogP contribution in [0.15, 0.2) is 34.9 Å². The Hall–Kier alpha value is -2.22. The van der Waals surface area contributed by atoms with E-state index in [1.54, 1.807) is 0 Å². The van der Waals surface area contributed by atoms with Gasteiger partial charge in [-0.25, -0.2) is 4.39 Å². The normalized spacial score (nSPS) is 29.2. The third-order valence-corrected chi connectivity index (χ3v) is 12.7. The summed E-state index contributed by atoms with van der Waals surface area (Å²) in [6.45, 7) is 26.2. The summed E-state index contributed by atoms with van der Waals surface area (Å²) in [5.41, 5.74) is 1.43. The minimum atomic E-state index is -0.626. The van der Waals surface area contributed by atoms with Crippen molar-refractivity contribution in [2.45, 2.75) is 141 Å². The van der Waals surface area contributed by atoms with Crippen LogP contribution in [0.2, 0.25) is 0 Å². The number of carbonyl (C=O) groups is 2. The van der Waals surface area contributed by atoms with Gasteiger partial charge in [-0.15, -0.1) is 0 Å². The molecule has 0 bridgehead atoms. The number of allylic oxidation sites excluding steroid dienone is 6. The van der Waals surface area contributed by atoms with Crippen molar-refractivity contribution in [1.82, 2.24) is 5.32 Å². The number of amides is 1. The van der Waals surface area contributed by atoms with Crippen LogP contribution in [0.5, 0.6) is 0 Å². The van der Waals surface area contributed by atoms with Gasteiger partial charge in [-0.05, 0) is 86.4 Å². The number of nitrogens with one attached hydrogen (secondary N) is 1. The zero-order valence-corrected chi connectivity index (χ0v) is 30.2. The van der Waals surface area contributed by atoms with Gasteiger partial charge in [-0.1, -0.05) is 105 Å². The lowest BCUT2D eigenvalue weighted by Crippen LogP contribution is -2.56. The topological polar surface area (TPSA) is 70.0 Å². The van der Waals surface area contributed by atoms with Crippen molar-refractivity contribution in [1.29, 1.82) is 5.26 Å². The molecule has 5 atom stereocenters. The van der Waals surface area contributed by atoms with Crippen molar-refractivity contribution in [3.8, 4) is 6.07 Å². The summed E-state index contributed by atoms with van der Waals surface area (Å²) in [5, 5.41) is 12.8. The molecule has 0 aromatic carbocycles. The Morgan fingerprint density at radius 1 is 1.09 bits per heavy atom. The molecule has 0 radical (unpaired) electrons. The molecule has 2 rings (SSSR count). The fraction of sp³-hybridized carbons (Fsp3) is 0.769. The van der Waals surface area contributed by atoms with Gasteiger partial charge in [0.05, 0.1) is 5.57 Å². The van der Waals surface area contributed by atoms with Crippen molar-refractivity contribution in [3.63, 3.8) is 0 Å². The second-order valence-corrected chi connectivity index (χ2v) is 16.5.